The Morgan fingerprint density at radius 2 is 1.89 bits per heavy atom. The highest BCUT2D eigenvalue weighted by Gasteiger charge is 2.49. The van der Waals surface area contributed by atoms with E-state index in [0.717, 1.165) is 17.7 Å². The van der Waals surface area contributed by atoms with Gasteiger partial charge in [-0.05, 0) is 37.6 Å². The minimum atomic E-state index is -3.40. The van der Waals surface area contributed by atoms with Gasteiger partial charge in [-0.3, -0.25) is 4.90 Å². The molecule has 2 aliphatic rings. The maximum Gasteiger partial charge on any atom is 0.336 e. The lowest BCUT2D eigenvalue weighted by molar-refractivity contribution is -0.139. The summed E-state index contributed by atoms with van der Waals surface area (Å²) in [6.45, 7) is 5.64. The number of rotatable bonds is 7. The number of carbonyl (C=O) groups excluding carboxylic acids is 1. The highest BCUT2D eigenvalue weighted by molar-refractivity contribution is 8.01. The number of benzene rings is 2. The Morgan fingerprint density at radius 3 is 2.63 bits per heavy atom. The number of ether oxygens (including phenoxy) is 2. The Balaban J connectivity index is 1.58. The maximum atomic E-state index is 13.4. The van der Waals surface area contributed by atoms with E-state index in [1.165, 1.54) is 5.56 Å². The fourth-order valence-electron chi connectivity index (χ4n) is 4.64. The first-order chi connectivity index (χ1) is 16.8. The van der Waals surface area contributed by atoms with E-state index in [1.54, 1.807) is 6.92 Å². The lowest BCUT2D eigenvalue weighted by Gasteiger charge is -2.30. The molecule has 0 aromatic heterocycles. The van der Waals surface area contributed by atoms with Gasteiger partial charge >= 0.3 is 5.97 Å². The van der Waals surface area contributed by atoms with E-state index in [9.17, 15) is 13.6 Å². The molecule has 0 radical (unpaired) electrons. The van der Waals surface area contributed by atoms with Crippen molar-refractivity contribution >= 4 is 16.2 Å². The molecule has 0 aliphatic carbocycles. The molecule has 0 saturated heterocycles. The number of esters is 1. The molecule has 0 spiro atoms. The highest BCUT2D eigenvalue weighted by Crippen LogP contribution is 2.44. The van der Waals surface area contributed by atoms with E-state index in [0.29, 0.717) is 28.4 Å². The van der Waals surface area contributed by atoms with Crippen molar-refractivity contribution in [3.63, 3.8) is 0 Å². The third-order valence-electron chi connectivity index (χ3n) is 6.41. The third kappa shape index (κ3) is 5.73. The molecular formula is C27H33N2O5S+. The molecule has 2 N–H and O–H groups in total. The smallest absolute Gasteiger partial charge is 0.336 e. The maximum absolute atomic E-state index is 13.4. The van der Waals surface area contributed by atoms with Crippen LogP contribution in [0.3, 0.4) is 0 Å². The molecule has 2 atom stereocenters. The van der Waals surface area contributed by atoms with E-state index in [-0.39, 0.29) is 25.6 Å². The number of likely N-dealkylation sites (N-methyl/N-ethyl adjacent to an activating group) is 1. The van der Waals surface area contributed by atoms with Gasteiger partial charge in [-0.25, -0.2) is 4.79 Å². The van der Waals surface area contributed by atoms with Gasteiger partial charge in [0.15, 0.2) is 5.75 Å². The van der Waals surface area contributed by atoms with Crippen molar-refractivity contribution in [1.82, 2.24) is 10.2 Å². The van der Waals surface area contributed by atoms with Crippen LogP contribution >= 0.6 is 0 Å². The second-order valence-electron chi connectivity index (χ2n) is 9.05. The van der Waals surface area contributed by atoms with E-state index < -0.39 is 22.1 Å². The quantitative estimate of drug-likeness (QED) is 0.444. The summed E-state index contributed by atoms with van der Waals surface area (Å²) in [6.07, 6.45) is 0. The Kier molecular flexibility index (Phi) is 7.86. The Morgan fingerprint density at radius 1 is 1.17 bits per heavy atom. The molecule has 2 heterocycles. The molecule has 2 aromatic carbocycles. The predicted octanol–water partition coefficient (Wildman–Crippen LogP) is 3.85. The van der Waals surface area contributed by atoms with Gasteiger partial charge in [0.05, 0.1) is 30.4 Å². The zero-order valence-corrected chi connectivity index (χ0v) is 21.3. The van der Waals surface area contributed by atoms with Crippen molar-refractivity contribution in [3.8, 4) is 0 Å². The first-order valence-electron chi connectivity index (χ1n) is 11.8. The van der Waals surface area contributed by atoms with Gasteiger partial charge in [0, 0.05) is 18.8 Å². The third-order valence-corrected chi connectivity index (χ3v) is 8.30. The number of nitrogens with zero attached hydrogens (tertiary/aromatic N) is 1. The minimum absolute atomic E-state index is 0.0124. The van der Waals surface area contributed by atoms with Crippen LogP contribution in [0.25, 0.3) is 0 Å². The van der Waals surface area contributed by atoms with Crippen LogP contribution in [0.15, 0.2) is 76.5 Å². The van der Waals surface area contributed by atoms with Gasteiger partial charge in [-0.15, -0.1) is 0 Å². The van der Waals surface area contributed by atoms with Gasteiger partial charge in [0.2, 0.25) is 15.1 Å². The SMILES string of the molecule is CC1=C(C(=O)OCCN(C)Cc2ccccc2)C(c2ccccc2C)C2=C(COCC[S+]2(=O)O)N1. The molecule has 8 heteroatoms. The minimum Gasteiger partial charge on any atom is -0.461 e. The van der Waals surface area contributed by atoms with E-state index in [4.69, 9.17) is 9.47 Å². The lowest BCUT2D eigenvalue weighted by Crippen LogP contribution is -2.36. The van der Waals surface area contributed by atoms with Crippen molar-refractivity contribution in [2.24, 2.45) is 0 Å². The summed E-state index contributed by atoms with van der Waals surface area (Å²) in [7, 11) is -1.42. The van der Waals surface area contributed by atoms with Crippen LogP contribution in [0.1, 0.15) is 29.5 Å². The van der Waals surface area contributed by atoms with Crippen LogP contribution in [0, 0.1) is 6.92 Å². The molecule has 0 fully saturated rings. The molecule has 2 unspecified atom stereocenters. The Bertz CT molecular complexity index is 1190. The van der Waals surface area contributed by atoms with Gasteiger partial charge in [0.1, 0.15) is 6.61 Å². The molecule has 0 saturated carbocycles. The summed E-state index contributed by atoms with van der Waals surface area (Å²) < 4.78 is 35.8. The number of hydrogen-bond acceptors (Lipinski definition) is 6. The lowest BCUT2D eigenvalue weighted by atomic mass is 9.84. The van der Waals surface area contributed by atoms with Crippen LogP contribution in [-0.4, -0.2) is 54.6 Å². The number of dihydropyridines is 1. The summed E-state index contributed by atoms with van der Waals surface area (Å²) in [6, 6.07) is 17.8. The van der Waals surface area contributed by atoms with Crippen LogP contribution in [0.2, 0.25) is 0 Å². The second kappa shape index (κ2) is 10.9. The first-order valence-corrected chi connectivity index (χ1v) is 13.4. The van der Waals surface area contributed by atoms with Gasteiger partial charge in [0.25, 0.3) is 0 Å². The topological polar surface area (TPSA) is 88.1 Å². The van der Waals surface area contributed by atoms with Crippen molar-refractivity contribution in [2.45, 2.75) is 26.3 Å². The molecule has 7 nitrogen and oxygen atoms in total. The van der Waals surface area contributed by atoms with Crippen LogP contribution < -0.4 is 5.32 Å². The van der Waals surface area contributed by atoms with Gasteiger partial charge in [-0.1, -0.05) is 58.8 Å². The van der Waals surface area contributed by atoms with Crippen molar-refractivity contribution < 1.29 is 23.0 Å². The van der Waals surface area contributed by atoms with Gasteiger partial charge in [-0.2, -0.15) is 4.55 Å². The number of nitrogens with one attached hydrogen (secondary N) is 1. The predicted molar refractivity (Wildman–Crippen MR) is 137 cm³/mol. The standard InChI is InChI=1S/C27H32N2O5S/c1-19-9-7-8-12-22(19)25-24(20(2)28-23-18-33-15-16-35(31,32)26(23)25)27(30)34-14-13-29(3)17-21-10-5-4-6-11-21/h4-12,25H,13-18H2,1-3H3,(H-,28,30,31,32)/p+1. The summed E-state index contributed by atoms with van der Waals surface area (Å²) in [5, 5.41) is 3.18. The molecule has 0 amide bonds. The molecule has 2 aromatic rings. The van der Waals surface area contributed by atoms with E-state index in [1.807, 2.05) is 56.4 Å². The summed E-state index contributed by atoms with van der Waals surface area (Å²) in [5.41, 5.74) is 4.47. The largest absolute Gasteiger partial charge is 0.461 e. The van der Waals surface area contributed by atoms with Crippen LogP contribution in [-0.2, 0) is 35.2 Å². The van der Waals surface area contributed by atoms with E-state index >= 15 is 0 Å². The Hall–Kier alpha value is -2.78. The Labute approximate surface area is 208 Å². The molecule has 2 aliphatic heterocycles. The molecule has 0 bridgehead atoms. The first kappa shape index (κ1) is 25.3. The van der Waals surface area contributed by atoms with E-state index in [2.05, 4.69) is 22.3 Å². The number of hydrogen-bond donors (Lipinski definition) is 2. The summed E-state index contributed by atoms with van der Waals surface area (Å²) >= 11 is 0. The van der Waals surface area contributed by atoms with Crippen LogP contribution in [0.4, 0.5) is 0 Å². The normalized spacial score (nSPS) is 22.5. The molecule has 35 heavy (non-hydrogen) atoms. The zero-order chi connectivity index (χ0) is 25.0. The molecule has 186 valence electrons. The second-order valence-corrected chi connectivity index (χ2v) is 11.2. The number of carbonyl (C=O) groups is 1. The van der Waals surface area contributed by atoms with Gasteiger partial charge < -0.3 is 14.8 Å². The number of aryl methyl sites for hydroxylation is 1. The average molecular weight is 498 g/mol. The highest BCUT2D eigenvalue weighted by atomic mass is 32.3. The van der Waals surface area contributed by atoms with Crippen molar-refractivity contribution in [1.29, 1.82) is 0 Å². The average Bonchev–Trinajstić information content (AvgIpc) is 2.96. The van der Waals surface area contributed by atoms with Crippen molar-refractivity contribution in [3.05, 3.63) is 93.2 Å². The monoisotopic (exact) mass is 497 g/mol. The van der Waals surface area contributed by atoms with Crippen LogP contribution in [0.5, 0.6) is 0 Å². The molecule has 4 rings (SSSR count). The molecular weight excluding hydrogens is 464 g/mol. The summed E-state index contributed by atoms with van der Waals surface area (Å²) in [5.74, 6) is -1.17. The zero-order valence-electron chi connectivity index (χ0n) is 20.5. The fraction of sp³-hybridized carbons (Fsp3) is 0.370. The fourth-order valence-corrected chi connectivity index (χ4v) is 6.31. The van der Waals surface area contributed by atoms with Crippen molar-refractivity contribution in [2.75, 3.05) is 39.2 Å². The summed E-state index contributed by atoms with van der Waals surface area (Å²) in [4.78, 5) is 15.9. The number of allylic oxidation sites excluding steroid dienone is 2.